The van der Waals surface area contributed by atoms with Crippen molar-refractivity contribution < 1.29 is 38.9 Å². The Hall–Kier alpha value is -0.590. The number of ether oxygens (including phenoxy) is 1. The van der Waals surface area contributed by atoms with E-state index < -0.39 is 19.5 Å². The van der Waals surface area contributed by atoms with Gasteiger partial charge in [-0.15, -0.1) is 0 Å². The monoisotopic (exact) mass is 523 g/mol. The standard InChI is InChI=1S/C11H15N3O2.C3H8.C2H6.2H3O3PS/c1-7-6-9(16-11(15)14(2)3)13-10(12-7)8-4-5-8;1-3-2;1-2;2*1-4(2,3)5/h6,8H,4-5H2,1-3H3;3H2,1-2H3;1-2H3;2*(H3,1,2,3,5). The van der Waals surface area contributed by atoms with Gasteiger partial charge in [0.1, 0.15) is 5.82 Å². The van der Waals surface area contributed by atoms with Gasteiger partial charge < -0.3 is 39.0 Å². The molecule has 0 spiro atoms. The van der Waals surface area contributed by atoms with Gasteiger partial charge in [-0.1, -0.05) is 34.1 Å². The number of aryl methyl sites for hydroxylation is 1. The van der Waals surface area contributed by atoms with Crippen LogP contribution in [0.25, 0.3) is 0 Å². The van der Waals surface area contributed by atoms with E-state index in [9.17, 15) is 4.79 Å². The van der Waals surface area contributed by atoms with Gasteiger partial charge in [-0.3, -0.25) is 0 Å². The van der Waals surface area contributed by atoms with Crippen LogP contribution in [0.15, 0.2) is 6.07 Å². The summed E-state index contributed by atoms with van der Waals surface area (Å²) in [5.74, 6) is 1.59. The summed E-state index contributed by atoms with van der Waals surface area (Å²) in [6, 6.07) is 1.67. The Morgan fingerprint density at radius 1 is 1.06 bits per heavy atom. The first-order valence-corrected chi connectivity index (χ1v) is 14.6. The van der Waals surface area contributed by atoms with Crippen LogP contribution in [0.4, 0.5) is 4.79 Å². The average molecular weight is 524 g/mol. The van der Waals surface area contributed by atoms with Gasteiger partial charge in [0, 0.05) is 31.8 Å². The molecule has 1 aliphatic carbocycles. The normalized spacial score (nSPS) is 12.2. The number of carbonyl (C=O) groups is 1. The number of carbonyl (C=O) groups excluding carboxylic acids is 1. The summed E-state index contributed by atoms with van der Waals surface area (Å²) in [7, 11) is 3.27. The molecule has 0 bridgehead atoms. The van der Waals surface area contributed by atoms with E-state index >= 15 is 0 Å². The number of nitrogens with zero attached hydrogens (tertiary/aromatic N) is 3. The first-order valence-electron chi connectivity index (χ1n) is 9.29. The van der Waals surface area contributed by atoms with Crippen LogP contribution in [0, 0.1) is 6.92 Å². The first-order chi connectivity index (χ1) is 14.0. The molecule has 0 unspecified atom stereocenters. The van der Waals surface area contributed by atoms with E-state index in [4.69, 9.17) is 34.1 Å². The fourth-order valence-corrected chi connectivity index (χ4v) is 1.32. The topological polar surface area (TPSA) is 177 Å². The summed E-state index contributed by atoms with van der Waals surface area (Å²) in [5, 5.41) is 0. The predicted octanol–water partition coefficient (Wildman–Crippen LogP) is 2.54. The minimum absolute atomic E-state index is 0.341. The predicted molar refractivity (Wildman–Crippen MR) is 128 cm³/mol. The van der Waals surface area contributed by atoms with Gasteiger partial charge in [-0.25, -0.2) is 9.78 Å². The molecule has 1 aliphatic rings. The van der Waals surface area contributed by atoms with Crippen LogP contribution in [-0.4, -0.2) is 64.4 Å². The molecule has 6 N–H and O–H groups in total. The number of aromatic nitrogens is 2. The quantitative estimate of drug-likeness (QED) is 0.313. The molecule has 1 amide bonds. The van der Waals surface area contributed by atoms with Crippen molar-refractivity contribution in [2.75, 3.05) is 14.1 Å². The van der Waals surface area contributed by atoms with Gasteiger partial charge in [0.05, 0.1) is 0 Å². The lowest BCUT2D eigenvalue weighted by molar-refractivity contribution is 0.169. The zero-order chi connectivity index (χ0) is 25.4. The lowest BCUT2D eigenvalue weighted by Gasteiger charge is -2.10. The molecular weight excluding hydrogens is 488 g/mol. The molecule has 0 saturated heterocycles. The van der Waals surface area contributed by atoms with Crippen molar-refractivity contribution in [2.24, 2.45) is 0 Å². The number of hydrogen-bond acceptors (Lipinski definition) is 6. The molecule has 31 heavy (non-hydrogen) atoms. The summed E-state index contributed by atoms with van der Waals surface area (Å²) < 4.78 is 5.11. The highest BCUT2D eigenvalue weighted by molar-refractivity contribution is 8.06. The van der Waals surface area contributed by atoms with E-state index in [0.717, 1.165) is 24.4 Å². The van der Waals surface area contributed by atoms with Gasteiger partial charge in [0.2, 0.25) is 5.88 Å². The summed E-state index contributed by atoms with van der Waals surface area (Å²) >= 11 is 7.21. The van der Waals surface area contributed by atoms with Crippen LogP contribution in [0.1, 0.15) is 64.4 Å². The van der Waals surface area contributed by atoms with Gasteiger partial charge in [0.15, 0.2) is 0 Å². The number of rotatable bonds is 2. The van der Waals surface area contributed by atoms with Gasteiger partial charge in [-0.2, -0.15) is 4.98 Å². The molecule has 0 atom stereocenters. The van der Waals surface area contributed by atoms with E-state index in [1.165, 1.54) is 11.3 Å². The van der Waals surface area contributed by atoms with Crippen molar-refractivity contribution in [3.63, 3.8) is 0 Å². The second-order valence-corrected chi connectivity index (χ2v) is 11.0. The van der Waals surface area contributed by atoms with Crippen molar-refractivity contribution in [1.29, 1.82) is 0 Å². The third-order valence-corrected chi connectivity index (χ3v) is 2.35. The van der Waals surface area contributed by atoms with Crippen LogP contribution >= 0.6 is 13.4 Å². The lowest BCUT2D eigenvalue weighted by atomic mass is 10.3. The lowest BCUT2D eigenvalue weighted by Crippen LogP contribution is -2.25. The van der Waals surface area contributed by atoms with Gasteiger partial charge in [0.25, 0.3) is 0 Å². The van der Waals surface area contributed by atoms with Crippen molar-refractivity contribution in [2.45, 2.75) is 59.8 Å². The second kappa shape index (κ2) is 17.9. The van der Waals surface area contributed by atoms with E-state index in [0.29, 0.717) is 11.8 Å². The highest BCUT2D eigenvalue weighted by Gasteiger charge is 2.27. The highest BCUT2D eigenvalue weighted by atomic mass is 32.5. The molecule has 0 aromatic carbocycles. The smallest absolute Gasteiger partial charge is 0.391 e. The second-order valence-electron chi connectivity index (χ2n) is 5.98. The average Bonchev–Trinajstić information content (AvgIpc) is 3.38. The van der Waals surface area contributed by atoms with Crippen molar-refractivity contribution in [3.05, 3.63) is 17.6 Å². The molecule has 1 aromatic heterocycles. The maximum absolute atomic E-state index is 11.4. The Bertz CT molecular complexity index is 688. The van der Waals surface area contributed by atoms with E-state index in [1.54, 1.807) is 20.2 Å². The summed E-state index contributed by atoms with van der Waals surface area (Å²) in [4.78, 5) is 66.6. The van der Waals surface area contributed by atoms with Crippen LogP contribution in [0.2, 0.25) is 0 Å². The molecular formula is C16H35N3O8P2S2. The molecule has 184 valence electrons. The molecule has 1 heterocycles. The zero-order valence-corrected chi connectivity index (χ0v) is 22.3. The molecule has 0 aliphatic heterocycles. The van der Waals surface area contributed by atoms with Crippen LogP contribution in [0.5, 0.6) is 5.88 Å². The third kappa shape index (κ3) is 31.7. The van der Waals surface area contributed by atoms with E-state index in [1.807, 2.05) is 20.8 Å². The SMILES string of the molecule is CC.CCC.Cc1cc(OC(=O)N(C)C)nc(C2CC2)n1.OP(O)(O)=S.OP(O)(O)=S. The van der Waals surface area contributed by atoms with Gasteiger partial charge >= 0.3 is 19.5 Å². The molecule has 0 radical (unpaired) electrons. The Labute approximate surface area is 194 Å². The fourth-order valence-electron chi connectivity index (χ4n) is 1.32. The fraction of sp³-hybridized carbons (Fsp3) is 0.688. The Balaban J connectivity index is -0.000000433. The maximum atomic E-state index is 11.4. The minimum Gasteiger partial charge on any atom is -0.391 e. The summed E-state index contributed by atoms with van der Waals surface area (Å²) in [6.45, 7) is 2.51. The number of hydrogen-bond donors (Lipinski definition) is 6. The van der Waals surface area contributed by atoms with Gasteiger partial charge in [-0.05, 0) is 43.4 Å². The molecule has 1 fully saturated rings. The Kier molecular flexibility index (Phi) is 20.2. The van der Waals surface area contributed by atoms with Crippen molar-refractivity contribution in [3.8, 4) is 5.88 Å². The summed E-state index contributed by atoms with van der Waals surface area (Å²) in [5.41, 5.74) is 0.832. The van der Waals surface area contributed by atoms with Crippen LogP contribution in [0.3, 0.4) is 0 Å². The molecule has 2 rings (SSSR count). The minimum atomic E-state index is -3.81. The Morgan fingerprint density at radius 2 is 1.42 bits per heavy atom. The maximum Gasteiger partial charge on any atom is 0.416 e. The van der Waals surface area contributed by atoms with E-state index in [2.05, 4.69) is 47.4 Å². The largest absolute Gasteiger partial charge is 0.416 e. The van der Waals surface area contributed by atoms with E-state index in [-0.39, 0.29) is 0 Å². The van der Waals surface area contributed by atoms with Crippen molar-refractivity contribution in [1.82, 2.24) is 14.9 Å². The molecule has 1 aromatic rings. The Morgan fingerprint density at radius 3 is 1.71 bits per heavy atom. The first kappa shape index (κ1) is 35.0. The number of amides is 1. The third-order valence-electron chi connectivity index (χ3n) is 2.35. The molecule has 11 nitrogen and oxygen atoms in total. The van der Waals surface area contributed by atoms with Crippen LogP contribution in [-0.2, 0) is 23.6 Å². The highest BCUT2D eigenvalue weighted by Crippen LogP contribution is 2.38. The summed E-state index contributed by atoms with van der Waals surface area (Å²) in [6.07, 6.45) is 3.09. The molecule has 15 heteroatoms. The zero-order valence-electron chi connectivity index (χ0n) is 18.8. The molecule has 1 saturated carbocycles. The van der Waals surface area contributed by atoms with Crippen LogP contribution < -0.4 is 4.74 Å². The van der Waals surface area contributed by atoms with Crippen molar-refractivity contribution >= 4 is 43.1 Å².